The number of pyridine rings is 1. The summed E-state index contributed by atoms with van der Waals surface area (Å²) in [6.45, 7) is 7.71. The fourth-order valence-corrected chi connectivity index (χ4v) is 5.15. The van der Waals surface area contributed by atoms with Crippen molar-refractivity contribution in [3.8, 4) is 11.1 Å². The van der Waals surface area contributed by atoms with Crippen LogP contribution in [0.5, 0.6) is 0 Å². The van der Waals surface area contributed by atoms with Crippen LogP contribution in [0.15, 0.2) is 79.6 Å². The molecular formula is C33H29F3N4O. The number of nitrogens with two attached hydrogens (primary N) is 1. The van der Waals surface area contributed by atoms with Crippen LogP contribution < -0.4 is 5.73 Å². The Labute approximate surface area is 236 Å². The van der Waals surface area contributed by atoms with E-state index in [0.717, 1.165) is 28.1 Å². The first-order chi connectivity index (χ1) is 19.6. The second-order valence-corrected chi connectivity index (χ2v) is 10.4. The second kappa shape index (κ2) is 11.4. The van der Waals surface area contributed by atoms with Crippen molar-refractivity contribution < 1.29 is 18.0 Å². The first-order valence-corrected chi connectivity index (χ1v) is 13.2. The molecule has 0 aliphatic carbocycles. The summed E-state index contributed by atoms with van der Waals surface area (Å²) in [4.78, 5) is 18.1. The molecule has 5 aromatic rings. The molecule has 2 heterocycles. The summed E-state index contributed by atoms with van der Waals surface area (Å²) in [6, 6.07) is 15.4. The Bertz CT molecular complexity index is 1730. The third-order valence-electron chi connectivity index (χ3n) is 7.23. The first kappa shape index (κ1) is 27.8. The molecule has 0 spiro atoms. The van der Waals surface area contributed by atoms with Gasteiger partial charge >= 0.3 is 0 Å². The standard InChI is InChI=1S/C33H29F3N4O/c1-19-9-25-17-40(39-32(25)10-20(19)2)18-28(41)14-24(11-22-12-26(34)16-27(35)13-22)33-29(5-4-8-38-33)23-6-7-31(36)30(15-23)21(3)37/h4-10,12-13,15-17,24H,3,11,14,18,37H2,1-2H3/t24-/m1/s1. The van der Waals surface area contributed by atoms with Crippen molar-refractivity contribution in [2.75, 3.05) is 0 Å². The van der Waals surface area contributed by atoms with Crippen molar-refractivity contribution in [2.24, 2.45) is 5.73 Å². The van der Waals surface area contributed by atoms with Gasteiger partial charge < -0.3 is 5.73 Å². The Morgan fingerprint density at radius 2 is 1.73 bits per heavy atom. The van der Waals surface area contributed by atoms with Crippen LogP contribution in [0, 0.1) is 31.3 Å². The van der Waals surface area contributed by atoms with E-state index in [1.54, 1.807) is 29.1 Å². The summed E-state index contributed by atoms with van der Waals surface area (Å²) >= 11 is 0. The lowest BCUT2D eigenvalue weighted by atomic mass is 9.86. The number of aromatic nitrogens is 3. The third kappa shape index (κ3) is 6.22. The van der Waals surface area contributed by atoms with Gasteiger partial charge in [0.05, 0.1) is 17.8 Å². The number of rotatable bonds is 9. The largest absolute Gasteiger partial charge is 0.399 e. The van der Waals surface area contributed by atoms with Crippen LogP contribution in [0.3, 0.4) is 0 Å². The summed E-state index contributed by atoms with van der Waals surface area (Å²) in [5.41, 5.74) is 11.3. The highest BCUT2D eigenvalue weighted by molar-refractivity contribution is 5.83. The number of Topliss-reactive ketones (excluding diaryl/α,β-unsaturated/α-hetero) is 1. The zero-order valence-electron chi connectivity index (χ0n) is 22.8. The Balaban J connectivity index is 1.51. The quantitative estimate of drug-likeness (QED) is 0.212. The van der Waals surface area contributed by atoms with Gasteiger partial charge in [0.2, 0.25) is 0 Å². The highest BCUT2D eigenvalue weighted by Gasteiger charge is 2.23. The molecule has 0 aliphatic rings. The molecule has 2 aromatic heterocycles. The smallest absolute Gasteiger partial charge is 0.154 e. The van der Waals surface area contributed by atoms with Gasteiger partial charge in [-0.3, -0.25) is 14.5 Å². The lowest BCUT2D eigenvalue weighted by Crippen LogP contribution is -2.17. The fraction of sp³-hybridized carbons (Fsp3) is 0.182. The summed E-state index contributed by atoms with van der Waals surface area (Å²) < 4.78 is 44.2. The first-order valence-electron chi connectivity index (χ1n) is 13.2. The van der Waals surface area contributed by atoms with Gasteiger partial charge in [-0.25, -0.2) is 13.2 Å². The van der Waals surface area contributed by atoms with Crippen molar-refractivity contribution >= 4 is 22.4 Å². The average molecular weight is 555 g/mol. The molecule has 3 aromatic carbocycles. The summed E-state index contributed by atoms with van der Waals surface area (Å²) in [6.07, 6.45) is 3.62. The minimum Gasteiger partial charge on any atom is -0.399 e. The van der Waals surface area contributed by atoms with Crippen LogP contribution in [0.25, 0.3) is 27.7 Å². The van der Waals surface area contributed by atoms with Gasteiger partial charge in [-0.05, 0) is 85.0 Å². The molecule has 0 aliphatic heterocycles. The molecule has 41 heavy (non-hydrogen) atoms. The maximum absolute atomic E-state index is 14.4. The van der Waals surface area contributed by atoms with Gasteiger partial charge in [0, 0.05) is 53.0 Å². The van der Waals surface area contributed by atoms with E-state index in [9.17, 15) is 18.0 Å². The molecule has 0 radical (unpaired) electrons. The van der Waals surface area contributed by atoms with Crippen LogP contribution in [-0.4, -0.2) is 20.5 Å². The normalized spacial score (nSPS) is 12.0. The van der Waals surface area contributed by atoms with Crippen LogP contribution in [0.4, 0.5) is 13.2 Å². The van der Waals surface area contributed by atoms with E-state index in [-0.39, 0.29) is 36.4 Å². The Morgan fingerprint density at radius 1 is 1.00 bits per heavy atom. The number of hydrogen-bond donors (Lipinski definition) is 1. The Kier molecular flexibility index (Phi) is 7.75. The fourth-order valence-electron chi connectivity index (χ4n) is 5.15. The van der Waals surface area contributed by atoms with Gasteiger partial charge in [0.15, 0.2) is 5.78 Å². The number of hydrogen-bond acceptors (Lipinski definition) is 4. The van der Waals surface area contributed by atoms with Crippen molar-refractivity contribution in [1.29, 1.82) is 0 Å². The number of halogens is 3. The summed E-state index contributed by atoms with van der Waals surface area (Å²) in [5, 5.41) is 5.51. The number of aryl methyl sites for hydroxylation is 2. The van der Waals surface area contributed by atoms with E-state index in [0.29, 0.717) is 22.4 Å². The Morgan fingerprint density at radius 3 is 2.46 bits per heavy atom. The van der Waals surface area contributed by atoms with Gasteiger partial charge in [0.25, 0.3) is 0 Å². The van der Waals surface area contributed by atoms with Gasteiger partial charge in [-0.15, -0.1) is 0 Å². The lowest BCUT2D eigenvalue weighted by molar-refractivity contribution is -0.120. The Hall–Kier alpha value is -4.72. The molecule has 8 heteroatoms. The molecule has 0 unspecified atom stereocenters. The van der Waals surface area contributed by atoms with Crippen molar-refractivity contribution in [3.63, 3.8) is 0 Å². The van der Waals surface area contributed by atoms with Crippen LogP contribution in [0.1, 0.15) is 40.3 Å². The van der Waals surface area contributed by atoms with E-state index in [4.69, 9.17) is 5.73 Å². The second-order valence-electron chi connectivity index (χ2n) is 10.4. The number of carbonyl (C=O) groups excluding carboxylic acids is 1. The van der Waals surface area contributed by atoms with Crippen molar-refractivity contribution in [2.45, 2.75) is 39.2 Å². The molecule has 208 valence electrons. The molecule has 2 N–H and O–H groups in total. The highest BCUT2D eigenvalue weighted by Crippen LogP contribution is 2.34. The molecule has 1 atom stereocenters. The van der Waals surface area contributed by atoms with E-state index in [2.05, 4.69) is 16.7 Å². The summed E-state index contributed by atoms with van der Waals surface area (Å²) in [5.74, 6) is -2.58. The molecule has 0 fully saturated rings. The molecular weight excluding hydrogens is 525 g/mol. The topological polar surface area (TPSA) is 73.8 Å². The van der Waals surface area contributed by atoms with Crippen molar-refractivity contribution in [1.82, 2.24) is 14.8 Å². The number of ketones is 1. The van der Waals surface area contributed by atoms with Crippen molar-refractivity contribution in [3.05, 3.63) is 125 Å². The highest BCUT2D eigenvalue weighted by atomic mass is 19.1. The predicted octanol–water partition coefficient (Wildman–Crippen LogP) is 7.05. The molecule has 5 nitrogen and oxygen atoms in total. The van der Waals surface area contributed by atoms with E-state index < -0.39 is 23.4 Å². The third-order valence-corrected chi connectivity index (χ3v) is 7.23. The maximum Gasteiger partial charge on any atom is 0.154 e. The average Bonchev–Trinajstić information content (AvgIpc) is 3.28. The van der Waals surface area contributed by atoms with Crippen LogP contribution >= 0.6 is 0 Å². The van der Waals surface area contributed by atoms with E-state index >= 15 is 0 Å². The van der Waals surface area contributed by atoms with E-state index in [1.165, 1.54) is 18.2 Å². The minimum absolute atomic E-state index is 0.0245. The maximum atomic E-state index is 14.4. The van der Waals surface area contributed by atoms with Crippen LogP contribution in [0.2, 0.25) is 0 Å². The zero-order chi connectivity index (χ0) is 29.3. The van der Waals surface area contributed by atoms with Gasteiger partial charge in [-0.1, -0.05) is 18.7 Å². The number of benzene rings is 3. The molecule has 0 saturated carbocycles. The number of carbonyl (C=O) groups is 1. The minimum atomic E-state index is -0.704. The molecule has 0 amide bonds. The van der Waals surface area contributed by atoms with Crippen LogP contribution in [-0.2, 0) is 17.8 Å². The number of nitrogens with zero attached hydrogens (tertiary/aromatic N) is 3. The predicted molar refractivity (Wildman–Crippen MR) is 154 cm³/mol. The molecule has 0 bridgehead atoms. The number of fused-ring (bicyclic) bond motifs is 1. The lowest BCUT2D eigenvalue weighted by Gasteiger charge is -2.20. The van der Waals surface area contributed by atoms with Gasteiger partial charge in [-0.2, -0.15) is 5.10 Å². The molecule has 0 saturated heterocycles. The summed E-state index contributed by atoms with van der Waals surface area (Å²) in [7, 11) is 0. The SMILES string of the molecule is C=C(N)c1cc(-c2cccnc2[C@@H](CC(=O)Cn2cc3cc(C)c(C)cc3n2)Cc2cc(F)cc(F)c2)ccc1F. The van der Waals surface area contributed by atoms with E-state index in [1.807, 2.05) is 38.2 Å². The monoisotopic (exact) mass is 554 g/mol. The van der Waals surface area contributed by atoms with Gasteiger partial charge in [0.1, 0.15) is 17.5 Å². The molecule has 5 rings (SSSR count). The zero-order valence-corrected chi connectivity index (χ0v) is 22.8.